The molecule has 3 aromatic rings. The number of hydrogen-bond acceptors (Lipinski definition) is 6. The molecule has 1 aliphatic heterocycles. The quantitative estimate of drug-likeness (QED) is 0.439. The van der Waals surface area contributed by atoms with E-state index in [1.165, 1.54) is 42.5 Å². The van der Waals surface area contributed by atoms with Crippen LogP contribution >= 0.6 is 0 Å². The van der Waals surface area contributed by atoms with Crippen LogP contribution in [0.3, 0.4) is 0 Å². The molecule has 0 spiro atoms. The summed E-state index contributed by atoms with van der Waals surface area (Å²) in [6, 6.07) is 22.1. The third kappa shape index (κ3) is 4.66. The molecule has 3 aromatic carbocycles. The predicted molar refractivity (Wildman–Crippen MR) is 145 cm³/mol. The normalized spacial score (nSPS) is 20.4. The van der Waals surface area contributed by atoms with Gasteiger partial charge in [-0.15, -0.1) is 0 Å². The average Bonchev–Trinajstić information content (AvgIpc) is 2.89. The average molecular weight is 570 g/mol. The highest BCUT2D eigenvalue weighted by Crippen LogP contribution is 2.44. The van der Waals surface area contributed by atoms with E-state index in [4.69, 9.17) is 0 Å². The summed E-state index contributed by atoms with van der Waals surface area (Å²) in [4.78, 5) is 0.125. The zero-order valence-corrected chi connectivity index (χ0v) is 23.1. The van der Waals surface area contributed by atoms with Crippen molar-refractivity contribution in [3.8, 4) is 0 Å². The molecule has 0 fully saturated rings. The van der Waals surface area contributed by atoms with Gasteiger partial charge in [0.15, 0.2) is 9.84 Å². The van der Waals surface area contributed by atoms with Crippen molar-refractivity contribution in [3.05, 3.63) is 113 Å². The Morgan fingerprint density at radius 3 is 1.82 bits per heavy atom. The molecular weight excluding hydrogens is 543 g/mol. The molecule has 2 aliphatic rings. The third-order valence-corrected chi connectivity index (χ3v) is 12.9. The second-order valence-electron chi connectivity index (χ2n) is 9.37. The van der Waals surface area contributed by atoms with Gasteiger partial charge in [-0.3, -0.25) is 0 Å². The summed E-state index contributed by atoms with van der Waals surface area (Å²) in [5.41, 5.74) is 1.79. The Labute approximate surface area is 224 Å². The van der Waals surface area contributed by atoms with Gasteiger partial charge in [0.05, 0.1) is 19.6 Å². The van der Waals surface area contributed by atoms with Crippen molar-refractivity contribution in [3.63, 3.8) is 0 Å². The van der Waals surface area contributed by atoms with E-state index >= 15 is 0 Å². The van der Waals surface area contributed by atoms with Crippen LogP contribution in [0.25, 0.3) is 0 Å². The van der Waals surface area contributed by atoms with Crippen LogP contribution in [0.2, 0.25) is 0 Å². The van der Waals surface area contributed by atoms with Crippen LogP contribution in [0.1, 0.15) is 18.4 Å². The van der Waals surface area contributed by atoms with Crippen LogP contribution in [-0.4, -0.2) is 47.9 Å². The van der Waals surface area contributed by atoms with Crippen molar-refractivity contribution >= 4 is 29.7 Å². The van der Waals surface area contributed by atoms with E-state index in [9.17, 15) is 25.3 Å². The second-order valence-corrected chi connectivity index (χ2v) is 15.4. The van der Waals surface area contributed by atoms with Crippen LogP contribution in [0.4, 0.5) is 0 Å². The van der Waals surface area contributed by atoms with Crippen molar-refractivity contribution < 1.29 is 25.3 Å². The lowest BCUT2D eigenvalue weighted by Gasteiger charge is -2.36. The Bertz CT molecular complexity index is 1740. The van der Waals surface area contributed by atoms with Gasteiger partial charge in [0.2, 0.25) is 19.9 Å². The Morgan fingerprint density at radius 1 is 0.684 bits per heavy atom. The fraction of sp³-hybridized carbons (Fsp3) is 0.214. The highest BCUT2D eigenvalue weighted by Gasteiger charge is 2.43. The largest absolute Gasteiger partial charge is 0.243 e. The number of benzene rings is 3. The highest BCUT2D eigenvalue weighted by atomic mass is 32.2. The van der Waals surface area contributed by atoms with Gasteiger partial charge < -0.3 is 0 Å². The van der Waals surface area contributed by atoms with Crippen molar-refractivity contribution in [2.75, 3.05) is 13.1 Å². The predicted octanol–water partition coefficient (Wildman–Crippen LogP) is 4.29. The molecule has 7 nitrogen and oxygen atoms in total. The van der Waals surface area contributed by atoms with Crippen LogP contribution in [0.5, 0.6) is 0 Å². The van der Waals surface area contributed by atoms with Gasteiger partial charge in [-0.25, -0.2) is 25.3 Å². The van der Waals surface area contributed by atoms with Gasteiger partial charge in [0, 0.05) is 13.1 Å². The first kappa shape index (κ1) is 26.6. The molecule has 0 bridgehead atoms. The van der Waals surface area contributed by atoms with Gasteiger partial charge in [0.25, 0.3) is 0 Å². The molecular formula is C28H27NO6S3. The minimum absolute atomic E-state index is 0.0169. The minimum Gasteiger partial charge on any atom is -0.223 e. The third-order valence-electron chi connectivity index (χ3n) is 7.02. The summed E-state index contributed by atoms with van der Waals surface area (Å²) >= 11 is 0. The van der Waals surface area contributed by atoms with E-state index in [1.807, 2.05) is 6.92 Å². The fourth-order valence-electron chi connectivity index (χ4n) is 4.82. The molecule has 0 aromatic heterocycles. The molecule has 198 valence electrons. The maximum absolute atomic E-state index is 13.9. The molecule has 10 heteroatoms. The maximum Gasteiger partial charge on any atom is 0.243 e. The monoisotopic (exact) mass is 569 g/mol. The van der Waals surface area contributed by atoms with Crippen LogP contribution in [-0.2, 0) is 29.7 Å². The van der Waals surface area contributed by atoms with Crippen LogP contribution in [0.15, 0.2) is 122 Å². The number of nitrogens with zero attached hydrogens (tertiary/aromatic N) is 1. The lowest BCUT2D eigenvalue weighted by atomic mass is 9.85. The second kappa shape index (κ2) is 9.92. The summed E-state index contributed by atoms with van der Waals surface area (Å²) in [5, 5.41) is -1.22. The maximum atomic E-state index is 13.9. The Balaban J connectivity index is 1.69. The van der Waals surface area contributed by atoms with E-state index < -0.39 is 34.9 Å². The van der Waals surface area contributed by atoms with Gasteiger partial charge in [-0.1, -0.05) is 54.1 Å². The lowest BCUT2D eigenvalue weighted by molar-refractivity contribution is 0.433. The van der Waals surface area contributed by atoms with Crippen LogP contribution < -0.4 is 0 Å². The van der Waals surface area contributed by atoms with Crippen molar-refractivity contribution in [1.29, 1.82) is 0 Å². The summed E-state index contributed by atoms with van der Waals surface area (Å²) in [6.07, 6.45) is 2.18. The Kier molecular flexibility index (Phi) is 6.93. The molecule has 1 unspecified atom stereocenters. The Morgan fingerprint density at radius 2 is 1.26 bits per heavy atom. The summed E-state index contributed by atoms with van der Waals surface area (Å²) in [5.74, 6) is 0. The number of sulfonamides is 1. The van der Waals surface area contributed by atoms with E-state index in [2.05, 4.69) is 0 Å². The molecule has 0 saturated carbocycles. The molecule has 38 heavy (non-hydrogen) atoms. The molecule has 5 rings (SSSR count). The molecule has 0 amide bonds. The SMILES string of the molecule is Cc1ccc(S(=O)(=O)N2C/C=C(/S(=O)(=O)c3ccccc3)C3=C(CC3)C(S(=O)(=O)c3ccccc3)C2)cc1. The first-order chi connectivity index (χ1) is 18.0. The number of rotatable bonds is 6. The van der Waals surface area contributed by atoms with E-state index in [1.54, 1.807) is 48.5 Å². The first-order valence-electron chi connectivity index (χ1n) is 12.1. The van der Waals surface area contributed by atoms with E-state index in [-0.39, 0.29) is 32.7 Å². The Hall–Kier alpha value is -3.05. The summed E-state index contributed by atoms with van der Waals surface area (Å²) in [7, 11) is -12.2. The molecule has 0 saturated heterocycles. The summed E-state index contributed by atoms with van der Waals surface area (Å²) < 4.78 is 83.8. The van der Waals surface area contributed by atoms with E-state index in [0.717, 1.165) is 9.87 Å². The lowest BCUT2D eigenvalue weighted by Crippen LogP contribution is -2.44. The highest BCUT2D eigenvalue weighted by molar-refractivity contribution is 7.95. The molecule has 1 aliphatic carbocycles. The van der Waals surface area contributed by atoms with Gasteiger partial charge in [-0.05, 0) is 73.4 Å². The molecule has 1 atom stereocenters. The standard InChI is InChI=1S/C28H27NO6S3/c1-21-12-14-24(15-13-21)38(34,35)29-19-18-27(36(30,31)22-8-4-2-5-9-22)25-16-17-26(25)28(20-29)37(32,33)23-10-6-3-7-11-23/h2-15,18,28H,16-17,19-20H2,1H3/b27-18+. The molecule has 0 radical (unpaired) electrons. The van der Waals surface area contributed by atoms with Crippen molar-refractivity contribution in [2.24, 2.45) is 0 Å². The van der Waals surface area contributed by atoms with Gasteiger partial charge in [0.1, 0.15) is 5.25 Å². The summed E-state index contributed by atoms with van der Waals surface area (Å²) in [6.45, 7) is 1.24. The molecule has 0 N–H and O–H groups in total. The van der Waals surface area contributed by atoms with Crippen molar-refractivity contribution in [2.45, 2.75) is 39.7 Å². The van der Waals surface area contributed by atoms with E-state index in [0.29, 0.717) is 24.0 Å². The zero-order chi connectivity index (χ0) is 27.1. The number of hydrogen-bond donors (Lipinski definition) is 0. The first-order valence-corrected chi connectivity index (χ1v) is 16.6. The van der Waals surface area contributed by atoms with Gasteiger partial charge in [-0.2, -0.15) is 4.31 Å². The fourth-order valence-corrected chi connectivity index (χ4v) is 9.81. The van der Waals surface area contributed by atoms with Crippen molar-refractivity contribution in [1.82, 2.24) is 4.31 Å². The topological polar surface area (TPSA) is 106 Å². The van der Waals surface area contributed by atoms with Gasteiger partial charge >= 0.3 is 0 Å². The smallest absolute Gasteiger partial charge is 0.223 e. The zero-order valence-electron chi connectivity index (χ0n) is 20.7. The minimum atomic E-state index is -4.14. The molecule has 1 heterocycles. The number of sulfone groups is 2. The van der Waals surface area contributed by atoms with Crippen LogP contribution in [0, 0.1) is 6.92 Å². The number of allylic oxidation sites excluding steroid dienone is 1. The number of aryl methyl sites for hydroxylation is 1.